The van der Waals surface area contributed by atoms with E-state index in [4.69, 9.17) is 0 Å². The standard InChI is InChI=1S/C13H18BrN/c14-13-8-4-3-7-12(13)10-15-9-11-5-1-2-6-11/h3-4,7-8,11,15H,1-2,5-6,9-10H2. The van der Waals surface area contributed by atoms with E-state index >= 15 is 0 Å². The molecule has 0 heterocycles. The molecular weight excluding hydrogens is 250 g/mol. The van der Waals surface area contributed by atoms with Gasteiger partial charge in [-0.2, -0.15) is 0 Å². The Morgan fingerprint density at radius 2 is 1.93 bits per heavy atom. The summed E-state index contributed by atoms with van der Waals surface area (Å²) in [4.78, 5) is 0. The van der Waals surface area contributed by atoms with Crippen molar-refractivity contribution in [3.63, 3.8) is 0 Å². The highest BCUT2D eigenvalue weighted by Gasteiger charge is 2.13. The van der Waals surface area contributed by atoms with E-state index in [2.05, 4.69) is 45.5 Å². The first kappa shape index (κ1) is 11.2. The van der Waals surface area contributed by atoms with Gasteiger partial charge in [0, 0.05) is 11.0 Å². The monoisotopic (exact) mass is 267 g/mol. The highest BCUT2D eigenvalue weighted by Crippen LogP contribution is 2.24. The van der Waals surface area contributed by atoms with E-state index in [1.54, 1.807) is 0 Å². The zero-order valence-corrected chi connectivity index (χ0v) is 10.6. The van der Waals surface area contributed by atoms with Crippen LogP contribution in [0.3, 0.4) is 0 Å². The summed E-state index contributed by atoms with van der Waals surface area (Å²) in [7, 11) is 0. The molecule has 1 aliphatic rings. The zero-order chi connectivity index (χ0) is 10.5. The van der Waals surface area contributed by atoms with Crippen molar-refractivity contribution in [3.8, 4) is 0 Å². The average Bonchev–Trinajstić information content (AvgIpc) is 2.74. The van der Waals surface area contributed by atoms with Gasteiger partial charge in [-0.1, -0.05) is 47.0 Å². The van der Waals surface area contributed by atoms with Crippen molar-refractivity contribution < 1.29 is 0 Å². The molecule has 1 aromatic rings. The minimum absolute atomic E-state index is 0.924. The molecule has 1 saturated carbocycles. The van der Waals surface area contributed by atoms with E-state index in [0.29, 0.717) is 0 Å². The van der Waals surface area contributed by atoms with Gasteiger partial charge in [0.1, 0.15) is 0 Å². The Morgan fingerprint density at radius 3 is 2.67 bits per heavy atom. The summed E-state index contributed by atoms with van der Waals surface area (Å²) in [6.45, 7) is 2.17. The van der Waals surface area contributed by atoms with Crippen molar-refractivity contribution in [2.75, 3.05) is 6.54 Å². The Labute approximate surface area is 100 Å². The quantitative estimate of drug-likeness (QED) is 0.877. The predicted molar refractivity (Wildman–Crippen MR) is 67.8 cm³/mol. The van der Waals surface area contributed by atoms with E-state index in [1.165, 1.54) is 42.3 Å². The SMILES string of the molecule is Brc1ccccc1CNCC1CCCC1. The minimum atomic E-state index is 0.924. The van der Waals surface area contributed by atoms with Gasteiger partial charge in [-0.05, 0) is 36.9 Å². The van der Waals surface area contributed by atoms with E-state index < -0.39 is 0 Å². The van der Waals surface area contributed by atoms with Crippen LogP contribution < -0.4 is 5.32 Å². The molecule has 1 N–H and O–H groups in total. The molecule has 1 nitrogen and oxygen atoms in total. The maximum atomic E-state index is 3.57. The van der Waals surface area contributed by atoms with Crippen LogP contribution in [-0.2, 0) is 6.54 Å². The van der Waals surface area contributed by atoms with Gasteiger partial charge in [-0.15, -0.1) is 0 Å². The number of rotatable bonds is 4. The molecular formula is C13H18BrN. The van der Waals surface area contributed by atoms with E-state index in [-0.39, 0.29) is 0 Å². The number of hydrogen-bond acceptors (Lipinski definition) is 1. The van der Waals surface area contributed by atoms with Crippen molar-refractivity contribution in [2.24, 2.45) is 5.92 Å². The van der Waals surface area contributed by atoms with Gasteiger partial charge in [-0.25, -0.2) is 0 Å². The average molecular weight is 268 g/mol. The molecule has 0 unspecified atom stereocenters. The number of benzene rings is 1. The van der Waals surface area contributed by atoms with E-state index in [9.17, 15) is 0 Å². The van der Waals surface area contributed by atoms with Crippen LogP contribution in [0.4, 0.5) is 0 Å². The highest BCUT2D eigenvalue weighted by atomic mass is 79.9. The molecule has 2 rings (SSSR count). The third-order valence-corrected chi connectivity index (χ3v) is 3.95. The molecule has 0 amide bonds. The Bertz CT molecular complexity index is 305. The minimum Gasteiger partial charge on any atom is -0.312 e. The molecule has 0 aromatic heterocycles. The molecule has 2 heteroatoms. The lowest BCUT2D eigenvalue weighted by atomic mass is 10.1. The van der Waals surface area contributed by atoms with Gasteiger partial charge in [0.15, 0.2) is 0 Å². The summed E-state index contributed by atoms with van der Waals surface area (Å²) < 4.78 is 1.21. The first-order chi connectivity index (χ1) is 7.36. The van der Waals surface area contributed by atoms with Gasteiger partial charge in [0.25, 0.3) is 0 Å². The van der Waals surface area contributed by atoms with Gasteiger partial charge in [-0.3, -0.25) is 0 Å². The number of nitrogens with one attached hydrogen (secondary N) is 1. The zero-order valence-electron chi connectivity index (χ0n) is 9.01. The normalized spacial score (nSPS) is 17.1. The third-order valence-electron chi connectivity index (χ3n) is 3.18. The van der Waals surface area contributed by atoms with Crippen LogP contribution in [0, 0.1) is 5.92 Å². The van der Waals surface area contributed by atoms with Crippen LogP contribution in [-0.4, -0.2) is 6.54 Å². The van der Waals surface area contributed by atoms with Crippen molar-refractivity contribution in [2.45, 2.75) is 32.2 Å². The molecule has 1 aromatic carbocycles. The maximum absolute atomic E-state index is 3.57. The second-order valence-corrected chi connectivity index (χ2v) is 5.23. The second-order valence-electron chi connectivity index (χ2n) is 4.37. The lowest BCUT2D eigenvalue weighted by Crippen LogP contribution is -2.20. The second kappa shape index (κ2) is 5.66. The van der Waals surface area contributed by atoms with E-state index in [0.717, 1.165) is 12.5 Å². The van der Waals surface area contributed by atoms with Crippen LogP contribution >= 0.6 is 15.9 Å². The van der Waals surface area contributed by atoms with Crippen LogP contribution in [0.15, 0.2) is 28.7 Å². The number of hydrogen-bond donors (Lipinski definition) is 1. The number of halogens is 1. The molecule has 1 fully saturated rings. The van der Waals surface area contributed by atoms with Crippen LogP contribution in [0.1, 0.15) is 31.2 Å². The van der Waals surface area contributed by atoms with Crippen LogP contribution in [0.5, 0.6) is 0 Å². The first-order valence-electron chi connectivity index (χ1n) is 5.80. The highest BCUT2D eigenvalue weighted by molar-refractivity contribution is 9.10. The summed E-state index contributed by atoms with van der Waals surface area (Å²) in [5, 5.41) is 3.55. The molecule has 15 heavy (non-hydrogen) atoms. The Balaban J connectivity index is 1.75. The summed E-state index contributed by atoms with van der Waals surface area (Å²) in [6, 6.07) is 8.43. The van der Waals surface area contributed by atoms with Crippen molar-refractivity contribution in [1.82, 2.24) is 5.32 Å². The molecule has 82 valence electrons. The third kappa shape index (κ3) is 3.32. The fraction of sp³-hybridized carbons (Fsp3) is 0.538. The summed E-state index contributed by atoms with van der Waals surface area (Å²) in [6.07, 6.45) is 5.70. The molecule has 0 spiro atoms. The summed E-state index contributed by atoms with van der Waals surface area (Å²) in [5.41, 5.74) is 1.36. The van der Waals surface area contributed by atoms with Crippen LogP contribution in [0.2, 0.25) is 0 Å². The maximum Gasteiger partial charge on any atom is 0.0220 e. The topological polar surface area (TPSA) is 12.0 Å². The van der Waals surface area contributed by atoms with Gasteiger partial charge in [0.2, 0.25) is 0 Å². The fourth-order valence-electron chi connectivity index (χ4n) is 2.27. The predicted octanol–water partition coefficient (Wildman–Crippen LogP) is 3.73. The molecule has 0 aliphatic heterocycles. The molecule has 0 radical (unpaired) electrons. The first-order valence-corrected chi connectivity index (χ1v) is 6.59. The Kier molecular flexibility index (Phi) is 4.21. The van der Waals surface area contributed by atoms with E-state index in [1.807, 2.05) is 0 Å². The van der Waals surface area contributed by atoms with Crippen molar-refractivity contribution >= 4 is 15.9 Å². The molecule has 0 atom stereocenters. The molecule has 0 saturated heterocycles. The molecule has 0 bridgehead atoms. The molecule has 1 aliphatic carbocycles. The lowest BCUT2D eigenvalue weighted by molar-refractivity contribution is 0.489. The smallest absolute Gasteiger partial charge is 0.0220 e. The van der Waals surface area contributed by atoms with Gasteiger partial charge < -0.3 is 5.32 Å². The summed E-state index contributed by atoms with van der Waals surface area (Å²) >= 11 is 3.57. The van der Waals surface area contributed by atoms with Crippen molar-refractivity contribution in [3.05, 3.63) is 34.3 Å². The summed E-state index contributed by atoms with van der Waals surface area (Å²) in [5.74, 6) is 0.924. The fourth-order valence-corrected chi connectivity index (χ4v) is 2.69. The van der Waals surface area contributed by atoms with Gasteiger partial charge in [0.05, 0.1) is 0 Å². The Morgan fingerprint density at radius 1 is 1.20 bits per heavy atom. The van der Waals surface area contributed by atoms with Gasteiger partial charge >= 0.3 is 0 Å². The lowest BCUT2D eigenvalue weighted by Gasteiger charge is -2.11. The largest absolute Gasteiger partial charge is 0.312 e. The van der Waals surface area contributed by atoms with Crippen molar-refractivity contribution in [1.29, 1.82) is 0 Å². The van der Waals surface area contributed by atoms with Crippen LogP contribution in [0.25, 0.3) is 0 Å². The Hall–Kier alpha value is -0.340.